The fraction of sp³-hybridized carbons (Fsp3) is 0.455. The topological polar surface area (TPSA) is 56.5 Å². The third-order valence-corrected chi connectivity index (χ3v) is 2.01. The summed E-state index contributed by atoms with van der Waals surface area (Å²) < 4.78 is 22.9. The van der Waals surface area contributed by atoms with Gasteiger partial charge in [0.2, 0.25) is 0 Å². The number of halogens is 1. The summed E-state index contributed by atoms with van der Waals surface area (Å²) in [7, 11) is 1.62. The molecule has 3 N–H and O–H groups in total. The maximum Gasteiger partial charge on any atom is 0.125 e. The second-order valence-electron chi connectivity index (χ2n) is 3.26. The second kappa shape index (κ2) is 7.03. The van der Waals surface area contributed by atoms with Crippen LogP contribution in [-0.4, -0.2) is 33.5 Å². The standard InChI is InChI=1S/C11H17FN2O2/c1-15-6-7-16-5-4-14-11-8-9(12)2-3-10(11)13/h2-3,8,14H,4-7,13H2,1H3. The predicted molar refractivity (Wildman–Crippen MR) is 62.0 cm³/mol. The molecular weight excluding hydrogens is 211 g/mol. The third-order valence-electron chi connectivity index (χ3n) is 2.01. The van der Waals surface area contributed by atoms with Gasteiger partial charge < -0.3 is 20.5 Å². The van der Waals surface area contributed by atoms with E-state index in [1.807, 2.05) is 0 Å². The van der Waals surface area contributed by atoms with Gasteiger partial charge in [0, 0.05) is 13.7 Å². The minimum absolute atomic E-state index is 0.308. The number of nitrogens with two attached hydrogens (primary N) is 1. The SMILES string of the molecule is COCCOCCNc1cc(F)ccc1N. The molecular formula is C11H17FN2O2. The monoisotopic (exact) mass is 228 g/mol. The number of anilines is 2. The van der Waals surface area contributed by atoms with E-state index < -0.39 is 0 Å². The first-order valence-electron chi connectivity index (χ1n) is 5.09. The number of nitrogen functional groups attached to an aromatic ring is 1. The summed E-state index contributed by atoms with van der Waals surface area (Å²) in [6, 6.07) is 4.23. The average molecular weight is 228 g/mol. The first-order chi connectivity index (χ1) is 7.74. The number of benzene rings is 1. The molecule has 90 valence electrons. The van der Waals surface area contributed by atoms with Gasteiger partial charge >= 0.3 is 0 Å². The highest BCUT2D eigenvalue weighted by atomic mass is 19.1. The molecule has 0 saturated carbocycles. The molecule has 0 bridgehead atoms. The Morgan fingerprint density at radius 1 is 1.31 bits per heavy atom. The summed E-state index contributed by atoms with van der Waals surface area (Å²) in [4.78, 5) is 0. The maximum atomic E-state index is 12.9. The van der Waals surface area contributed by atoms with Crippen molar-refractivity contribution in [3.63, 3.8) is 0 Å². The highest BCUT2D eigenvalue weighted by Gasteiger charge is 1.99. The molecule has 0 unspecified atom stereocenters. The third kappa shape index (κ3) is 4.46. The van der Waals surface area contributed by atoms with Crippen LogP contribution < -0.4 is 11.1 Å². The Bertz CT molecular complexity index is 321. The second-order valence-corrected chi connectivity index (χ2v) is 3.26. The lowest BCUT2D eigenvalue weighted by Gasteiger charge is -2.09. The molecule has 1 aromatic carbocycles. The first kappa shape index (κ1) is 12.7. The molecule has 0 amide bonds. The van der Waals surface area contributed by atoms with Crippen LogP contribution in [0.5, 0.6) is 0 Å². The van der Waals surface area contributed by atoms with Gasteiger partial charge in [0.15, 0.2) is 0 Å². The zero-order chi connectivity index (χ0) is 11.8. The van der Waals surface area contributed by atoms with Gasteiger partial charge in [-0.2, -0.15) is 0 Å². The van der Waals surface area contributed by atoms with Crippen LogP contribution in [0.4, 0.5) is 15.8 Å². The van der Waals surface area contributed by atoms with Gasteiger partial charge in [-0.15, -0.1) is 0 Å². The summed E-state index contributed by atoms with van der Waals surface area (Å²) in [5.41, 5.74) is 6.78. The quantitative estimate of drug-likeness (QED) is 0.548. The lowest BCUT2D eigenvalue weighted by Crippen LogP contribution is -2.12. The Labute approximate surface area is 94.5 Å². The van der Waals surface area contributed by atoms with Gasteiger partial charge in [0.25, 0.3) is 0 Å². The van der Waals surface area contributed by atoms with Crippen molar-refractivity contribution in [3.8, 4) is 0 Å². The largest absolute Gasteiger partial charge is 0.397 e. The van der Waals surface area contributed by atoms with Crippen molar-refractivity contribution in [2.24, 2.45) is 0 Å². The molecule has 5 heteroatoms. The molecule has 0 aliphatic heterocycles. The van der Waals surface area contributed by atoms with Crippen molar-refractivity contribution in [2.45, 2.75) is 0 Å². The smallest absolute Gasteiger partial charge is 0.125 e. The van der Waals surface area contributed by atoms with Crippen LogP contribution in [0.2, 0.25) is 0 Å². The normalized spacial score (nSPS) is 10.4. The van der Waals surface area contributed by atoms with Crippen molar-refractivity contribution in [2.75, 3.05) is 44.5 Å². The molecule has 1 rings (SSSR count). The summed E-state index contributed by atoms with van der Waals surface area (Å²) in [6.45, 7) is 2.23. The molecule has 0 radical (unpaired) electrons. The minimum atomic E-state index is -0.308. The van der Waals surface area contributed by atoms with E-state index in [2.05, 4.69) is 5.32 Å². The molecule has 0 fully saturated rings. The molecule has 0 aliphatic carbocycles. The van der Waals surface area contributed by atoms with Crippen LogP contribution in [0.1, 0.15) is 0 Å². The molecule has 0 aliphatic rings. The summed E-state index contributed by atoms with van der Waals surface area (Å²) in [6.07, 6.45) is 0. The Kier molecular flexibility index (Phi) is 5.60. The van der Waals surface area contributed by atoms with Gasteiger partial charge in [-0.25, -0.2) is 4.39 Å². The van der Waals surface area contributed by atoms with E-state index in [0.29, 0.717) is 37.7 Å². The Hall–Kier alpha value is -1.33. The van der Waals surface area contributed by atoms with Crippen LogP contribution in [0, 0.1) is 5.82 Å². The molecule has 0 saturated heterocycles. The van der Waals surface area contributed by atoms with E-state index in [4.69, 9.17) is 15.2 Å². The fourth-order valence-electron chi connectivity index (χ4n) is 1.18. The Morgan fingerprint density at radius 3 is 2.88 bits per heavy atom. The highest BCUT2D eigenvalue weighted by molar-refractivity contribution is 5.65. The zero-order valence-electron chi connectivity index (χ0n) is 9.33. The summed E-state index contributed by atoms with van der Waals surface area (Å²) in [5, 5.41) is 3.00. The summed E-state index contributed by atoms with van der Waals surface area (Å²) >= 11 is 0. The molecule has 4 nitrogen and oxygen atoms in total. The van der Waals surface area contributed by atoms with Crippen LogP contribution in [-0.2, 0) is 9.47 Å². The van der Waals surface area contributed by atoms with E-state index in [0.717, 1.165) is 0 Å². The number of methoxy groups -OCH3 is 1. The Morgan fingerprint density at radius 2 is 2.12 bits per heavy atom. The van der Waals surface area contributed by atoms with Crippen molar-refractivity contribution in [1.29, 1.82) is 0 Å². The molecule has 16 heavy (non-hydrogen) atoms. The number of ether oxygens (including phenoxy) is 2. The molecule has 0 atom stereocenters. The lowest BCUT2D eigenvalue weighted by molar-refractivity contribution is 0.0759. The number of rotatable bonds is 7. The van der Waals surface area contributed by atoms with Crippen molar-refractivity contribution in [3.05, 3.63) is 24.0 Å². The zero-order valence-corrected chi connectivity index (χ0v) is 9.33. The van der Waals surface area contributed by atoms with Crippen LogP contribution in [0.25, 0.3) is 0 Å². The van der Waals surface area contributed by atoms with Crippen molar-refractivity contribution < 1.29 is 13.9 Å². The van der Waals surface area contributed by atoms with Crippen LogP contribution in [0.3, 0.4) is 0 Å². The molecule has 0 spiro atoms. The van der Waals surface area contributed by atoms with Gasteiger partial charge in [0.1, 0.15) is 5.82 Å². The molecule has 1 aromatic rings. The number of hydrogen-bond donors (Lipinski definition) is 2. The highest BCUT2D eigenvalue weighted by Crippen LogP contribution is 2.18. The van der Waals surface area contributed by atoms with Gasteiger partial charge in [-0.1, -0.05) is 0 Å². The predicted octanol–water partition coefficient (Wildman–Crippen LogP) is 1.48. The van der Waals surface area contributed by atoms with Gasteiger partial charge in [0.05, 0.1) is 31.2 Å². The lowest BCUT2D eigenvalue weighted by atomic mass is 10.2. The number of nitrogens with one attached hydrogen (secondary N) is 1. The van der Waals surface area contributed by atoms with Crippen LogP contribution >= 0.6 is 0 Å². The van der Waals surface area contributed by atoms with Crippen LogP contribution in [0.15, 0.2) is 18.2 Å². The molecule has 0 aromatic heterocycles. The first-order valence-corrected chi connectivity index (χ1v) is 5.09. The maximum absolute atomic E-state index is 12.9. The van der Waals surface area contributed by atoms with E-state index in [9.17, 15) is 4.39 Å². The number of hydrogen-bond acceptors (Lipinski definition) is 4. The Balaban J connectivity index is 2.23. The van der Waals surface area contributed by atoms with E-state index in [1.54, 1.807) is 7.11 Å². The summed E-state index contributed by atoms with van der Waals surface area (Å²) in [5.74, 6) is -0.308. The fourth-order valence-corrected chi connectivity index (χ4v) is 1.18. The van der Waals surface area contributed by atoms with E-state index >= 15 is 0 Å². The van der Waals surface area contributed by atoms with E-state index in [1.165, 1.54) is 18.2 Å². The van der Waals surface area contributed by atoms with Gasteiger partial charge in [-0.05, 0) is 18.2 Å². The van der Waals surface area contributed by atoms with E-state index in [-0.39, 0.29) is 5.82 Å². The van der Waals surface area contributed by atoms with Crippen molar-refractivity contribution in [1.82, 2.24) is 0 Å². The minimum Gasteiger partial charge on any atom is -0.397 e. The average Bonchev–Trinajstić information content (AvgIpc) is 2.28. The van der Waals surface area contributed by atoms with Gasteiger partial charge in [-0.3, -0.25) is 0 Å². The molecule has 0 heterocycles. The van der Waals surface area contributed by atoms with Crippen molar-refractivity contribution >= 4 is 11.4 Å².